The average molecular weight is 696 g/mol. The van der Waals surface area contributed by atoms with Gasteiger partial charge >= 0.3 is 12.1 Å². The summed E-state index contributed by atoms with van der Waals surface area (Å²) in [6.45, 7) is 10.1. The quantitative estimate of drug-likeness (QED) is 0.190. The van der Waals surface area contributed by atoms with Gasteiger partial charge < -0.3 is 38.1 Å². The SMILES string of the molecule is CCOC(=O)C[C@H]1O[C@H](c2ccc3c(c2C)OCCO3)c2cc(Cl)ccc2N(Cc2ccc(OC)cc2OC)C1=NNC(=O)OC(C)(C)C. The number of fused-ring (bicyclic) bond motifs is 2. The molecule has 0 saturated carbocycles. The zero-order valence-electron chi connectivity index (χ0n) is 28.8. The monoisotopic (exact) mass is 695 g/mol. The van der Waals surface area contributed by atoms with Crippen LogP contribution in [-0.4, -0.2) is 63.6 Å². The largest absolute Gasteiger partial charge is 0.497 e. The predicted molar refractivity (Wildman–Crippen MR) is 184 cm³/mol. The van der Waals surface area contributed by atoms with E-state index >= 15 is 0 Å². The van der Waals surface area contributed by atoms with E-state index in [2.05, 4.69) is 10.5 Å². The summed E-state index contributed by atoms with van der Waals surface area (Å²) in [6, 6.07) is 14.7. The molecular weight excluding hydrogens is 654 g/mol. The van der Waals surface area contributed by atoms with E-state index in [9.17, 15) is 9.59 Å². The number of benzene rings is 3. The Bertz CT molecular complexity index is 1720. The van der Waals surface area contributed by atoms with Gasteiger partial charge in [0.2, 0.25) is 0 Å². The molecule has 2 aliphatic rings. The molecule has 1 N–H and O–H groups in total. The highest BCUT2D eigenvalue weighted by Crippen LogP contribution is 2.45. The van der Waals surface area contributed by atoms with Gasteiger partial charge in [0.15, 0.2) is 17.3 Å². The maximum atomic E-state index is 13.2. The summed E-state index contributed by atoms with van der Waals surface area (Å²) in [5.74, 6) is 2.12. The van der Waals surface area contributed by atoms with Crippen LogP contribution in [0.1, 0.15) is 62.5 Å². The summed E-state index contributed by atoms with van der Waals surface area (Å²) in [5, 5.41) is 5.04. The number of nitrogens with one attached hydrogen (secondary N) is 1. The number of amides is 1. The first-order chi connectivity index (χ1) is 23.4. The molecular formula is C36H42ClN3O9. The third-order valence-corrected chi connectivity index (χ3v) is 8.08. The van der Waals surface area contributed by atoms with Crippen LogP contribution in [-0.2, 0) is 25.5 Å². The molecule has 5 rings (SSSR count). The van der Waals surface area contributed by atoms with Gasteiger partial charge in [0.25, 0.3) is 0 Å². The number of rotatable bonds is 9. The predicted octanol–water partition coefficient (Wildman–Crippen LogP) is 6.72. The Hall–Kier alpha value is -4.68. The molecule has 1 amide bonds. The van der Waals surface area contributed by atoms with Crippen molar-refractivity contribution in [3.8, 4) is 23.0 Å². The van der Waals surface area contributed by atoms with Gasteiger partial charge in [-0.3, -0.25) is 4.79 Å². The molecule has 2 atom stereocenters. The Kier molecular flexibility index (Phi) is 11.1. The van der Waals surface area contributed by atoms with Gasteiger partial charge in [0, 0.05) is 33.5 Å². The minimum atomic E-state index is -1.03. The minimum Gasteiger partial charge on any atom is -0.497 e. The Balaban J connectivity index is 1.73. The Labute approximate surface area is 291 Å². The van der Waals surface area contributed by atoms with Crippen molar-refractivity contribution in [2.24, 2.45) is 5.10 Å². The number of amidine groups is 1. The third kappa shape index (κ3) is 8.31. The maximum absolute atomic E-state index is 13.2. The smallest absolute Gasteiger partial charge is 0.428 e. The molecule has 0 unspecified atom stereocenters. The number of halogens is 1. The summed E-state index contributed by atoms with van der Waals surface area (Å²) in [6.07, 6.45) is -2.79. The standard InChI is InChI=1S/C36H42ClN3O9/c1-8-45-31(41)19-30-34(38-39-35(42)49-36(3,4)5)40(20-22-9-11-24(43-6)18-29(22)44-7)27-13-10-23(37)17-26(27)33(48-30)25-12-14-28-32(21(25)2)47-16-15-46-28/h9-14,17-18,30,33H,8,15-16,19-20H2,1-7H3,(H,39,42)/t30-,33-/m1/s1. The zero-order chi connectivity index (χ0) is 35.3. The fourth-order valence-electron chi connectivity index (χ4n) is 5.74. The van der Waals surface area contributed by atoms with Gasteiger partial charge in [0.05, 0.1) is 33.8 Å². The Morgan fingerprint density at radius 2 is 1.80 bits per heavy atom. The van der Waals surface area contributed by atoms with Crippen LogP contribution in [0.2, 0.25) is 5.02 Å². The van der Waals surface area contributed by atoms with E-state index in [-0.39, 0.29) is 25.4 Å². The lowest BCUT2D eigenvalue weighted by Crippen LogP contribution is -2.43. The third-order valence-electron chi connectivity index (χ3n) is 7.85. The maximum Gasteiger partial charge on any atom is 0.428 e. The van der Waals surface area contributed by atoms with Crippen molar-refractivity contribution in [1.29, 1.82) is 0 Å². The van der Waals surface area contributed by atoms with Crippen molar-refractivity contribution in [2.75, 3.05) is 38.9 Å². The van der Waals surface area contributed by atoms with E-state index in [1.54, 1.807) is 54.0 Å². The van der Waals surface area contributed by atoms with Crippen molar-refractivity contribution >= 4 is 35.2 Å². The number of nitrogens with zero attached hydrogens (tertiary/aromatic N) is 2. The van der Waals surface area contributed by atoms with Crippen LogP contribution in [0.3, 0.4) is 0 Å². The number of anilines is 1. The molecule has 0 bridgehead atoms. The van der Waals surface area contributed by atoms with Crippen molar-refractivity contribution < 1.29 is 42.7 Å². The van der Waals surface area contributed by atoms with Crippen LogP contribution in [0.15, 0.2) is 53.6 Å². The molecule has 3 aromatic carbocycles. The van der Waals surface area contributed by atoms with Gasteiger partial charge in [0.1, 0.15) is 42.5 Å². The van der Waals surface area contributed by atoms with Gasteiger partial charge in [-0.1, -0.05) is 17.7 Å². The topological polar surface area (TPSA) is 126 Å². The minimum absolute atomic E-state index is 0.168. The summed E-state index contributed by atoms with van der Waals surface area (Å²) < 4.78 is 40.8. The highest BCUT2D eigenvalue weighted by molar-refractivity contribution is 6.30. The van der Waals surface area contributed by atoms with Gasteiger partial charge in [-0.2, -0.15) is 5.10 Å². The van der Waals surface area contributed by atoms with Crippen molar-refractivity contribution in [1.82, 2.24) is 5.43 Å². The Morgan fingerprint density at radius 1 is 1.02 bits per heavy atom. The number of ether oxygens (including phenoxy) is 7. The lowest BCUT2D eigenvalue weighted by Gasteiger charge is -2.29. The number of carbonyl (C=O) groups excluding carboxylic acids is 2. The molecule has 2 heterocycles. The number of hydrazone groups is 1. The van der Waals surface area contributed by atoms with E-state index < -0.39 is 29.9 Å². The Morgan fingerprint density at radius 3 is 2.51 bits per heavy atom. The first-order valence-corrected chi connectivity index (χ1v) is 16.3. The average Bonchev–Trinajstić information content (AvgIpc) is 3.17. The molecule has 0 aliphatic carbocycles. The number of hydrogen-bond donors (Lipinski definition) is 1. The molecule has 12 nitrogen and oxygen atoms in total. The van der Waals surface area contributed by atoms with E-state index in [1.165, 1.54) is 0 Å². The molecule has 0 aromatic heterocycles. The molecule has 3 aromatic rings. The zero-order valence-corrected chi connectivity index (χ0v) is 29.5. The second-order valence-electron chi connectivity index (χ2n) is 12.4. The van der Waals surface area contributed by atoms with E-state index in [0.29, 0.717) is 52.5 Å². The van der Waals surface area contributed by atoms with Crippen LogP contribution in [0, 0.1) is 6.92 Å². The normalized spacial score (nSPS) is 17.9. The molecule has 0 radical (unpaired) electrons. The van der Waals surface area contributed by atoms with Gasteiger partial charge in [-0.25, -0.2) is 10.2 Å². The number of methoxy groups -OCH3 is 2. The number of esters is 1. The highest BCUT2D eigenvalue weighted by Gasteiger charge is 2.39. The van der Waals surface area contributed by atoms with E-state index in [1.807, 2.05) is 48.2 Å². The lowest BCUT2D eigenvalue weighted by molar-refractivity contribution is -0.145. The fraction of sp³-hybridized carbons (Fsp3) is 0.417. The van der Waals surface area contributed by atoms with Crippen LogP contribution in [0.25, 0.3) is 0 Å². The van der Waals surface area contributed by atoms with Crippen LogP contribution in [0.5, 0.6) is 23.0 Å². The summed E-state index contributed by atoms with van der Waals surface area (Å²) in [4.78, 5) is 28.0. The van der Waals surface area contributed by atoms with Gasteiger partial charge in [-0.15, -0.1) is 0 Å². The molecule has 0 fully saturated rings. The van der Waals surface area contributed by atoms with Crippen LogP contribution >= 0.6 is 11.6 Å². The second kappa shape index (κ2) is 15.3. The van der Waals surface area contributed by atoms with Crippen molar-refractivity contribution in [3.05, 3.63) is 75.8 Å². The number of hydrogen-bond acceptors (Lipinski definition) is 10. The van der Waals surface area contributed by atoms with Crippen LogP contribution < -0.4 is 29.3 Å². The molecule has 2 aliphatic heterocycles. The van der Waals surface area contributed by atoms with Gasteiger partial charge in [-0.05, 0) is 76.6 Å². The summed E-state index contributed by atoms with van der Waals surface area (Å²) in [7, 11) is 3.15. The van der Waals surface area contributed by atoms with E-state index in [4.69, 9.17) is 44.8 Å². The van der Waals surface area contributed by atoms with Crippen LogP contribution in [0.4, 0.5) is 10.5 Å². The first-order valence-electron chi connectivity index (χ1n) is 16.0. The van der Waals surface area contributed by atoms with E-state index in [0.717, 1.165) is 16.7 Å². The highest BCUT2D eigenvalue weighted by atomic mass is 35.5. The van der Waals surface area contributed by atoms with Crippen molar-refractivity contribution in [3.63, 3.8) is 0 Å². The lowest BCUT2D eigenvalue weighted by atomic mass is 9.94. The van der Waals surface area contributed by atoms with Crippen molar-refractivity contribution in [2.45, 2.75) is 65.4 Å². The molecule has 13 heteroatoms. The molecule has 0 saturated heterocycles. The molecule has 49 heavy (non-hydrogen) atoms. The molecule has 0 spiro atoms. The fourth-order valence-corrected chi connectivity index (χ4v) is 5.92. The first kappa shape index (κ1) is 35.6. The summed E-state index contributed by atoms with van der Waals surface area (Å²) >= 11 is 6.66. The summed E-state index contributed by atoms with van der Waals surface area (Å²) in [5.41, 5.74) is 5.43. The second-order valence-corrected chi connectivity index (χ2v) is 12.8. The number of carbonyl (C=O) groups is 2. The molecule has 262 valence electrons.